The van der Waals surface area contributed by atoms with Crippen LogP contribution in [0.3, 0.4) is 0 Å². The van der Waals surface area contributed by atoms with Crippen molar-refractivity contribution in [2.45, 2.75) is 25.3 Å². The molecule has 0 aromatic heterocycles. The Balaban J connectivity index is 1.44. The maximum atomic E-state index is 12.4. The predicted molar refractivity (Wildman–Crippen MR) is 115 cm³/mol. The standard InChI is InChI=1S/C21H27Cl2N3O3/c22-18-6-4-16(13-19(18)23)5-7-20(28)26-12-11-25(21(29)14-26)10-2-9-24-8-1-3-17(24)15-27/h4-7,13,17,27H,1-3,8-12,14-15H2. The number of benzene rings is 1. The largest absolute Gasteiger partial charge is 0.395 e. The first-order valence-electron chi connectivity index (χ1n) is 10.0. The van der Waals surface area contributed by atoms with Gasteiger partial charge in [0.15, 0.2) is 0 Å². The zero-order valence-electron chi connectivity index (χ0n) is 16.4. The molecule has 158 valence electrons. The van der Waals surface area contributed by atoms with E-state index in [9.17, 15) is 14.7 Å². The van der Waals surface area contributed by atoms with Crippen LogP contribution >= 0.6 is 23.2 Å². The molecule has 29 heavy (non-hydrogen) atoms. The molecule has 2 aliphatic heterocycles. The summed E-state index contributed by atoms with van der Waals surface area (Å²) in [5, 5.41) is 10.3. The summed E-state index contributed by atoms with van der Waals surface area (Å²) in [4.78, 5) is 30.5. The Morgan fingerprint density at radius 1 is 1.17 bits per heavy atom. The van der Waals surface area contributed by atoms with E-state index < -0.39 is 0 Å². The number of halogens is 2. The van der Waals surface area contributed by atoms with Crippen LogP contribution in [0.1, 0.15) is 24.8 Å². The molecule has 0 saturated carbocycles. The average molecular weight is 440 g/mol. The van der Waals surface area contributed by atoms with Crippen molar-refractivity contribution in [1.29, 1.82) is 0 Å². The first-order valence-corrected chi connectivity index (χ1v) is 10.8. The van der Waals surface area contributed by atoms with E-state index in [4.69, 9.17) is 23.2 Å². The molecule has 2 fully saturated rings. The lowest BCUT2D eigenvalue weighted by atomic mass is 10.2. The highest BCUT2D eigenvalue weighted by molar-refractivity contribution is 6.42. The van der Waals surface area contributed by atoms with Crippen molar-refractivity contribution in [2.75, 3.05) is 45.9 Å². The molecular formula is C21H27Cl2N3O3. The van der Waals surface area contributed by atoms with E-state index in [0.717, 1.165) is 37.9 Å². The van der Waals surface area contributed by atoms with E-state index in [-0.39, 0.29) is 31.0 Å². The predicted octanol–water partition coefficient (Wildman–Crippen LogP) is 2.52. The highest BCUT2D eigenvalue weighted by Gasteiger charge is 2.27. The number of amides is 2. The molecule has 1 aromatic carbocycles. The molecule has 1 aromatic rings. The molecule has 1 unspecified atom stereocenters. The van der Waals surface area contributed by atoms with Gasteiger partial charge in [-0.1, -0.05) is 29.3 Å². The van der Waals surface area contributed by atoms with Gasteiger partial charge in [0.25, 0.3) is 0 Å². The molecule has 2 heterocycles. The van der Waals surface area contributed by atoms with Crippen LogP contribution in [-0.4, -0.2) is 83.5 Å². The fourth-order valence-corrected chi connectivity index (χ4v) is 4.19. The molecule has 1 N–H and O–H groups in total. The molecule has 2 aliphatic rings. The van der Waals surface area contributed by atoms with Gasteiger partial charge in [0.2, 0.25) is 11.8 Å². The van der Waals surface area contributed by atoms with Crippen molar-refractivity contribution in [3.05, 3.63) is 39.9 Å². The highest BCUT2D eigenvalue weighted by atomic mass is 35.5. The van der Waals surface area contributed by atoms with Crippen molar-refractivity contribution >= 4 is 41.1 Å². The summed E-state index contributed by atoms with van der Waals surface area (Å²) < 4.78 is 0. The van der Waals surface area contributed by atoms with E-state index in [0.29, 0.717) is 29.7 Å². The summed E-state index contributed by atoms with van der Waals surface area (Å²) in [7, 11) is 0. The Kier molecular flexibility index (Phi) is 7.95. The maximum Gasteiger partial charge on any atom is 0.247 e. The average Bonchev–Trinajstić information content (AvgIpc) is 3.17. The van der Waals surface area contributed by atoms with Crippen LogP contribution in [0.4, 0.5) is 0 Å². The Bertz CT molecular complexity index is 772. The Morgan fingerprint density at radius 3 is 2.72 bits per heavy atom. The van der Waals surface area contributed by atoms with E-state index >= 15 is 0 Å². The zero-order valence-corrected chi connectivity index (χ0v) is 17.9. The van der Waals surface area contributed by atoms with E-state index in [1.807, 2.05) is 4.90 Å². The molecule has 2 saturated heterocycles. The molecule has 0 spiro atoms. The Labute approximate surface area is 181 Å². The highest BCUT2D eigenvalue weighted by Crippen LogP contribution is 2.23. The number of rotatable bonds is 7. The lowest BCUT2D eigenvalue weighted by Crippen LogP contribution is -2.52. The first kappa shape index (κ1) is 22.1. The normalized spacial score (nSPS) is 20.8. The van der Waals surface area contributed by atoms with Crippen molar-refractivity contribution in [2.24, 2.45) is 0 Å². The summed E-state index contributed by atoms with van der Waals surface area (Å²) in [6.45, 7) is 3.99. The SMILES string of the molecule is O=C(C=Cc1ccc(Cl)c(Cl)c1)N1CCN(CCCN2CCCC2CO)C(=O)C1. The van der Waals surface area contributed by atoms with Crippen LogP contribution in [0.2, 0.25) is 10.0 Å². The third kappa shape index (κ3) is 5.95. The minimum Gasteiger partial charge on any atom is -0.395 e. The third-order valence-electron chi connectivity index (χ3n) is 5.58. The van der Waals surface area contributed by atoms with E-state index in [1.54, 1.807) is 29.2 Å². The fraction of sp³-hybridized carbons (Fsp3) is 0.524. The number of piperazine rings is 1. The smallest absolute Gasteiger partial charge is 0.247 e. The van der Waals surface area contributed by atoms with Gasteiger partial charge in [0.1, 0.15) is 6.54 Å². The number of aliphatic hydroxyl groups excluding tert-OH is 1. The molecule has 8 heteroatoms. The molecule has 0 bridgehead atoms. The summed E-state index contributed by atoms with van der Waals surface area (Å²) >= 11 is 11.9. The van der Waals surface area contributed by atoms with Gasteiger partial charge >= 0.3 is 0 Å². The van der Waals surface area contributed by atoms with Crippen LogP contribution < -0.4 is 0 Å². The van der Waals surface area contributed by atoms with E-state index in [1.165, 1.54) is 6.08 Å². The molecule has 6 nitrogen and oxygen atoms in total. The number of likely N-dealkylation sites (tertiary alicyclic amines) is 1. The molecular weight excluding hydrogens is 413 g/mol. The molecule has 0 aliphatic carbocycles. The van der Waals surface area contributed by atoms with Gasteiger partial charge in [-0.3, -0.25) is 14.5 Å². The van der Waals surface area contributed by atoms with Crippen LogP contribution in [0, 0.1) is 0 Å². The fourth-order valence-electron chi connectivity index (χ4n) is 3.88. The Morgan fingerprint density at radius 2 is 2.00 bits per heavy atom. The summed E-state index contributed by atoms with van der Waals surface area (Å²) in [5.41, 5.74) is 0.779. The second-order valence-corrected chi connectivity index (χ2v) is 8.33. The molecule has 3 rings (SSSR count). The van der Waals surface area contributed by atoms with Crippen LogP contribution in [-0.2, 0) is 9.59 Å². The molecule has 0 radical (unpaired) electrons. The summed E-state index contributed by atoms with van der Waals surface area (Å²) in [6.07, 6.45) is 6.19. The number of nitrogens with zero attached hydrogens (tertiary/aromatic N) is 3. The Hall–Kier alpha value is -1.60. The second kappa shape index (κ2) is 10.4. The van der Waals surface area contributed by atoms with Crippen LogP contribution in [0.25, 0.3) is 6.08 Å². The van der Waals surface area contributed by atoms with Crippen LogP contribution in [0.5, 0.6) is 0 Å². The van der Waals surface area contributed by atoms with Gasteiger partial charge in [0.05, 0.1) is 16.7 Å². The summed E-state index contributed by atoms with van der Waals surface area (Å²) in [6, 6.07) is 5.42. The van der Waals surface area contributed by atoms with Crippen molar-refractivity contribution in [1.82, 2.24) is 14.7 Å². The quantitative estimate of drug-likeness (QED) is 0.662. The number of aliphatic hydroxyl groups is 1. The minimum atomic E-state index is -0.188. The first-order chi connectivity index (χ1) is 14.0. The molecule has 1 atom stereocenters. The summed E-state index contributed by atoms with van der Waals surface area (Å²) in [5.74, 6) is -0.209. The minimum absolute atomic E-state index is 0.0207. The lowest BCUT2D eigenvalue weighted by Gasteiger charge is -2.34. The second-order valence-electron chi connectivity index (χ2n) is 7.52. The van der Waals surface area contributed by atoms with Gasteiger partial charge in [-0.05, 0) is 49.6 Å². The number of hydrogen-bond acceptors (Lipinski definition) is 4. The van der Waals surface area contributed by atoms with Gasteiger partial charge in [-0.2, -0.15) is 0 Å². The number of carbonyl (C=O) groups is 2. The van der Waals surface area contributed by atoms with E-state index in [2.05, 4.69) is 4.90 Å². The van der Waals surface area contributed by atoms with Gasteiger partial charge in [-0.25, -0.2) is 0 Å². The maximum absolute atomic E-state index is 12.4. The van der Waals surface area contributed by atoms with Gasteiger partial charge in [-0.15, -0.1) is 0 Å². The lowest BCUT2D eigenvalue weighted by molar-refractivity contribution is -0.142. The van der Waals surface area contributed by atoms with Crippen LogP contribution in [0.15, 0.2) is 24.3 Å². The van der Waals surface area contributed by atoms with Crippen molar-refractivity contribution in [3.63, 3.8) is 0 Å². The van der Waals surface area contributed by atoms with Gasteiger partial charge in [0, 0.05) is 38.3 Å². The topological polar surface area (TPSA) is 64.1 Å². The van der Waals surface area contributed by atoms with Crippen molar-refractivity contribution in [3.8, 4) is 0 Å². The zero-order chi connectivity index (χ0) is 20.8. The monoisotopic (exact) mass is 439 g/mol. The molecule has 2 amide bonds. The van der Waals surface area contributed by atoms with Gasteiger partial charge < -0.3 is 14.9 Å². The number of hydrogen-bond donors (Lipinski definition) is 1. The number of carbonyl (C=O) groups excluding carboxylic acids is 2. The van der Waals surface area contributed by atoms with Crippen molar-refractivity contribution < 1.29 is 14.7 Å². The third-order valence-corrected chi connectivity index (χ3v) is 6.31.